The van der Waals surface area contributed by atoms with E-state index in [0.717, 1.165) is 22.4 Å². The quantitative estimate of drug-likeness (QED) is 0.793. The second-order valence-corrected chi connectivity index (χ2v) is 8.21. The van der Waals surface area contributed by atoms with Crippen LogP contribution in [0.3, 0.4) is 0 Å². The van der Waals surface area contributed by atoms with Crippen LogP contribution in [-0.4, -0.2) is 20.9 Å². The van der Waals surface area contributed by atoms with E-state index < -0.39 is 10.0 Å². The summed E-state index contributed by atoms with van der Waals surface area (Å²) in [5.41, 5.74) is 4.13. The molecule has 0 aromatic heterocycles. The van der Waals surface area contributed by atoms with Crippen LogP contribution in [0.4, 0.5) is 11.4 Å². The van der Waals surface area contributed by atoms with Crippen molar-refractivity contribution in [2.75, 3.05) is 16.2 Å². The van der Waals surface area contributed by atoms with Crippen molar-refractivity contribution in [2.24, 2.45) is 0 Å². The molecule has 0 fully saturated rings. The second-order valence-electron chi connectivity index (χ2n) is 6.48. The van der Waals surface area contributed by atoms with Gasteiger partial charge in [0.1, 0.15) is 0 Å². The fourth-order valence-electron chi connectivity index (χ4n) is 3.07. The van der Waals surface area contributed by atoms with E-state index in [1.807, 2.05) is 37.3 Å². The molecule has 1 N–H and O–H groups in total. The Morgan fingerprint density at radius 3 is 2.58 bits per heavy atom. The van der Waals surface area contributed by atoms with Crippen LogP contribution in [0.25, 0.3) is 0 Å². The van der Waals surface area contributed by atoms with Crippen LogP contribution in [0.1, 0.15) is 23.1 Å². The molecule has 136 valence electrons. The van der Waals surface area contributed by atoms with E-state index in [0.29, 0.717) is 25.1 Å². The van der Waals surface area contributed by atoms with Crippen molar-refractivity contribution in [3.8, 4) is 0 Å². The van der Waals surface area contributed by atoms with E-state index in [-0.39, 0.29) is 11.7 Å². The van der Waals surface area contributed by atoms with E-state index in [4.69, 9.17) is 0 Å². The number of fused-ring (bicyclic) bond motifs is 1. The third-order valence-electron chi connectivity index (χ3n) is 4.34. The minimum atomic E-state index is -3.51. The number of hydrogen-bond donors (Lipinski definition) is 1. The average Bonchev–Trinajstić information content (AvgIpc) is 2.59. The number of sulfonamides is 1. The zero-order valence-electron chi connectivity index (χ0n) is 14.7. The van der Waals surface area contributed by atoms with Crippen molar-refractivity contribution in [1.82, 2.24) is 0 Å². The van der Waals surface area contributed by atoms with E-state index in [2.05, 4.69) is 11.3 Å². The Morgan fingerprint density at radius 2 is 1.88 bits per heavy atom. The third-order valence-corrected chi connectivity index (χ3v) is 5.60. The molecule has 26 heavy (non-hydrogen) atoms. The lowest BCUT2D eigenvalue weighted by Gasteiger charge is -2.29. The van der Waals surface area contributed by atoms with Gasteiger partial charge in [-0.25, -0.2) is 8.42 Å². The lowest BCUT2D eigenvalue weighted by atomic mass is 10.0. The first-order valence-corrected chi connectivity index (χ1v) is 10.1. The molecule has 0 saturated heterocycles. The number of aryl methyl sites for hydroxylation is 2. The molecule has 5 nitrogen and oxygen atoms in total. The summed E-state index contributed by atoms with van der Waals surface area (Å²) in [6.45, 7) is 6.10. The maximum Gasteiger partial charge on any atom is 0.236 e. The maximum atomic E-state index is 12.5. The van der Waals surface area contributed by atoms with Crippen LogP contribution in [0.15, 0.2) is 55.1 Å². The fraction of sp³-hybridized carbons (Fsp3) is 0.250. The molecule has 0 aliphatic carbocycles. The number of anilines is 2. The minimum Gasteiger partial charge on any atom is -0.308 e. The van der Waals surface area contributed by atoms with Gasteiger partial charge in [0.25, 0.3) is 0 Å². The zero-order chi connectivity index (χ0) is 18.7. The predicted molar refractivity (Wildman–Crippen MR) is 105 cm³/mol. The summed E-state index contributed by atoms with van der Waals surface area (Å²) >= 11 is 0. The molecule has 0 saturated carbocycles. The fourth-order valence-corrected chi connectivity index (χ4v) is 4.26. The van der Waals surface area contributed by atoms with Gasteiger partial charge in [-0.15, -0.1) is 6.58 Å². The van der Waals surface area contributed by atoms with Gasteiger partial charge in [-0.1, -0.05) is 35.9 Å². The van der Waals surface area contributed by atoms with Gasteiger partial charge in [-0.2, -0.15) is 0 Å². The number of hydrogen-bond acceptors (Lipinski definition) is 3. The van der Waals surface area contributed by atoms with E-state index in [1.54, 1.807) is 23.1 Å². The Balaban J connectivity index is 1.79. The normalized spacial score (nSPS) is 14.0. The molecular weight excluding hydrogens is 348 g/mol. The smallest absolute Gasteiger partial charge is 0.236 e. The van der Waals surface area contributed by atoms with Crippen LogP contribution < -0.4 is 9.62 Å². The van der Waals surface area contributed by atoms with E-state index >= 15 is 0 Å². The summed E-state index contributed by atoms with van der Waals surface area (Å²) < 4.78 is 27.5. The van der Waals surface area contributed by atoms with Gasteiger partial charge in [0.2, 0.25) is 15.9 Å². The molecule has 0 unspecified atom stereocenters. The van der Waals surface area contributed by atoms with Crippen molar-refractivity contribution in [3.05, 3.63) is 71.8 Å². The lowest BCUT2D eigenvalue weighted by molar-refractivity contribution is -0.118. The van der Waals surface area contributed by atoms with Gasteiger partial charge < -0.3 is 4.90 Å². The molecule has 1 heterocycles. The molecule has 2 aromatic carbocycles. The summed E-state index contributed by atoms with van der Waals surface area (Å²) in [4.78, 5) is 13.7. The molecular formula is C20H22N2O3S. The van der Waals surface area contributed by atoms with Crippen LogP contribution in [0.5, 0.6) is 0 Å². The predicted octanol–water partition coefficient (Wildman–Crippen LogP) is 3.40. The Bertz CT molecular complexity index is 934. The Morgan fingerprint density at radius 1 is 1.15 bits per heavy atom. The van der Waals surface area contributed by atoms with Crippen molar-refractivity contribution >= 4 is 27.3 Å². The minimum absolute atomic E-state index is 0.0603. The van der Waals surface area contributed by atoms with Crippen LogP contribution in [0, 0.1) is 6.92 Å². The number of amides is 1. The summed E-state index contributed by atoms with van der Waals surface area (Å²) in [6, 6.07) is 12.7. The van der Waals surface area contributed by atoms with Crippen molar-refractivity contribution in [1.29, 1.82) is 0 Å². The average molecular weight is 370 g/mol. The molecule has 1 aliphatic rings. The molecule has 3 rings (SSSR count). The van der Waals surface area contributed by atoms with Crippen LogP contribution >= 0.6 is 0 Å². The molecule has 2 aromatic rings. The maximum absolute atomic E-state index is 12.5. The van der Waals surface area contributed by atoms with Crippen molar-refractivity contribution in [3.63, 3.8) is 0 Å². The number of rotatable bonds is 6. The van der Waals surface area contributed by atoms with Gasteiger partial charge in [-0.3, -0.25) is 9.52 Å². The SMILES string of the molecule is C=CCN1C(=O)CCc2cc(NS(=O)(=O)Cc3ccc(C)cc3)ccc21. The first-order chi connectivity index (χ1) is 12.4. The number of nitrogens with zero attached hydrogens (tertiary/aromatic N) is 1. The third kappa shape index (κ3) is 4.14. The molecule has 6 heteroatoms. The van der Waals surface area contributed by atoms with Crippen molar-refractivity contribution < 1.29 is 13.2 Å². The second kappa shape index (κ2) is 7.33. The molecule has 1 amide bonds. The number of carbonyl (C=O) groups excluding carboxylic acids is 1. The molecule has 0 bridgehead atoms. The first-order valence-electron chi connectivity index (χ1n) is 8.48. The van der Waals surface area contributed by atoms with E-state index in [9.17, 15) is 13.2 Å². The van der Waals surface area contributed by atoms with Crippen molar-refractivity contribution in [2.45, 2.75) is 25.5 Å². The summed E-state index contributed by atoms with van der Waals surface area (Å²) in [5.74, 6) is -0.0177. The summed E-state index contributed by atoms with van der Waals surface area (Å²) in [5, 5.41) is 0. The largest absolute Gasteiger partial charge is 0.308 e. The van der Waals surface area contributed by atoms with Gasteiger partial charge >= 0.3 is 0 Å². The number of nitrogens with one attached hydrogen (secondary N) is 1. The molecule has 1 aliphatic heterocycles. The standard InChI is InChI=1S/C20H22N2O3S/c1-3-12-22-19-10-9-18(13-17(19)8-11-20(22)23)21-26(24,25)14-16-6-4-15(2)5-7-16/h3-7,9-10,13,21H,1,8,11-12,14H2,2H3. The summed E-state index contributed by atoms with van der Waals surface area (Å²) in [6.07, 6.45) is 2.71. The van der Waals surface area contributed by atoms with E-state index in [1.165, 1.54) is 0 Å². The van der Waals surface area contributed by atoms with Crippen LogP contribution in [-0.2, 0) is 27.0 Å². The Labute approximate surface area is 154 Å². The number of benzene rings is 2. The van der Waals surface area contributed by atoms with Gasteiger partial charge in [-0.05, 0) is 42.7 Å². The highest BCUT2D eigenvalue weighted by atomic mass is 32.2. The van der Waals surface area contributed by atoms with Crippen LogP contribution in [0.2, 0.25) is 0 Å². The number of carbonyl (C=O) groups is 1. The monoisotopic (exact) mass is 370 g/mol. The van der Waals surface area contributed by atoms with Gasteiger partial charge in [0.05, 0.1) is 5.75 Å². The zero-order valence-corrected chi connectivity index (χ0v) is 15.6. The lowest BCUT2D eigenvalue weighted by Crippen LogP contribution is -2.35. The Hall–Kier alpha value is -2.60. The highest BCUT2D eigenvalue weighted by Crippen LogP contribution is 2.30. The Kier molecular flexibility index (Phi) is 5.13. The topological polar surface area (TPSA) is 66.5 Å². The highest BCUT2D eigenvalue weighted by Gasteiger charge is 2.23. The summed E-state index contributed by atoms with van der Waals surface area (Å²) in [7, 11) is -3.51. The van der Waals surface area contributed by atoms with Gasteiger partial charge in [0.15, 0.2) is 0 Å². The van der Waals surface area contributed by atoms with Gasteiger partial charge in [0, 0.05) is 24.3 Å². The molecule has 0 spiro atoms. The highest BCUT2D eigenvalue weighted by molar-refractivity contribution is 7.91. The molecule has 0 atom stereocenters. The first kappa shape index (κ1) is 18.2. The molecule has 0 radical (unpaired) electrons.